The molecule has 2 N–H and O–H groups in total. The smallest absolute Gasteiger partial charge is 0.230 e. The van der Waals surface area contributed by atoms with Gasteiger partial charge in [0, 0.05) is 17.0 Å². The van der Waals surface area contributed by atoms with Gasteiger partial charge in [-0.3, -0.25) is 4.79 Å². The number of hydrogen-bond acceptors (Lipinski definition) is 4. The summed E-state index contributed by atoms with van der Waals surface area (Å²) in [7, 11) is 1.65. The van der Waals surface area contributed by atoms with Crippen molar-refractivity contribution in [2.24, 2.45) is 0 Å². The Hall–Kier alpha value is -1.20. The maximum Gasteiger partial charge on any atom is 0.230 e. The minimum Gasteiger partial charge on any atom is -0.497 e. The van der Waals surface area contributed by atoms with Crippen molar-refractivity contribution in [3.63, 3.8) is 0 Å². The molecule has 2 atom stereocenters. The lowest BCUT2D eigenvalue weighted by molar-refractivity contribution is -0.119. The van der Waals surface area contributed by atoms with Gasteiger partial charge in [-0.15, -0.1) is 11.8 Å². The summed E-state index contributed by atoms with van der Waals surface area (Å²) in [5.74, 6) is 1.36. The Balaban J connectivity index is 1.79. The van der Waals surface area contributed by atoms with E-state index >= 15 is 0 Å². The van der Waals surface area contributed by atoms with Gasteiger partial charge >= 0.3 is 0 Å². The largest absolute Gasteiger partial charge is 0.497 e. The van der Waals surface area contributed by atoms with Gasteiger partial charge in [-0.05, 0) is 44.5 Å². The first-order valence-corrected chi connectivity index (χ1v) is 7.97. The third-order valence-corrected chi connectivity index (χ3v) is 4.51. The van der Waals surface area contributed by atoms with Crippen molar-refractivity contribution >= 4 is 17.7 Å². The van der Waals surface area contributed by atoms with Crippen LogP contribution in [0.2, 0.25) is 0 Å². The number of methoxy groups -OCH3 is 1. The molecule has 0 radical (unpaired) electrons. The van der Waals surface area contributed by atoms with E-state index in [1.54, 1.807) is 7.11 Å². The molecular formula is C15H22N2O2S. The van der Waals surface area contributed by atoms with Gasteiger partial charge in [-0.25, -0.2) is 0 Å². The Labute approximate surface area is 124 Å². The van der Waals surface area contributed by atoms with E-state index in [2.05, 4.69) is 17.6 Å². The first-order chi connectivity index (χ1) is 9.69. The summed E-state index contributed by atoms with van der Waals surface area (Å²) in [5.41, 5.74) is 0. The molecule has 1 amide bonds. The second-order valence-corrected chi connectivity index (χ2v) is 6.08. The van der Waals surface area contributed by atoms with E-state index < -0.39 is 0 Å². The summed E-state index contributed by atoms with van der Waals surface area (Å²) in [6.45, 7) is 3.17. The van der Waals surface area contributed by atoms with Gasteiger partial charge in [0.05, 0.1) is 12.9 Å². The predicted molar refractivity (Wildman–Crippen MR) is 82.3 cm³/mol. The Morgan fingerprint density at radius 2 is 2.40 bits per heavy atom. The minimum absolute atomic E-state index is 0.0957. The number of rotatable bonds is 5. The highest BCUT2D eigenvalue weighted by molar-refractivity contribution is 8.00. The lowest BCUT2D eigenvalue weighted by Gasteiger charge is -2.30. The summed E-state index contributed by atoms with van der Waals surface area (Å²) in [4.78, 5) is 13.0. The summed E-state index contributed by atoms with van der Waals surface area (Å²) in [6, 6.07) is 8.39. The normalized spacial score (nSPS) is 22.3. The lowest BCUT2D eigenvalue weighted by atomic mass is 10.00. The second kappa shape index (κ2) is 7.55. The van der Waals surface area contributed by atoms with Crippen molar-refractivity contribution in [1.29, 1.82) is 0 Å². The first kappa shape index (κ1) is 15.2. The number of piperidine rings is 1. The van der Waals surface area contributed by atoms with E-state index in [-0.39, 0.29) is 11.9 Å². The molecule has 110 valence electrons. The molecule has 1 aliphatic heterocycles. The van der Waals surface area contributed by atoms with Crippen molar-refractivity contribution in [3.8, 4) is 5.75 Å². The quantitative estimate of drug-likeness (QED) is 0.816. The Morgan fingerprint density at radius 3 is 3.15 bits per heavy atom. The number of ether oxygens (including phenoxy) is 1. The molecular weight excluding hydrogens is 272 g/mol. The SMILES string of the molecule is COc1cccc(SCC(=O)NC2CCCNC2C)c1. The van der Waals surface area contributed by atoms with Crippen molar-refractivity contribution in [1.82, 2.24) is 10.6 Å². The topological polar surface area (TPSA) is 50.4 Å². The molecule has 1 aromatic rings. The molecule has 0 bridgehead atoms. The van der Waals surface area contributed by atoms with Crippen LogP contribution in [0.1, 0.15) is 19.8 Å². The summed E-state index contributed by atoms with van der Waals surface area (Å²) >= 11 is 1.54. The van der Waals surface area contributed by atoms with Crippen LogP contribution in [0.5, 0.6) is 5.75 Å². The highest BCUT2D eigenvalue weighted by atomic mass is 32.2. The minimum atomic E-state index is 0.0957. The van der Waals surface area contributed by atoms with Crippen molar-refractivity contribution < 1.29 is 9.53 Å². The molecule has 2 unspecified atom stereocenters. The fourth-order valence-corrected chi connectivity index (χ4v) is 3.08. The zero-order chi connectivity index (χ0) is 14.4. The predicted octanol–water partition coefficient (Wildman–Crippen LogP) is 2.04. The van der Waals surface area contributed by atoms with Crippen LogP contribution in [0, 0.1) is 0 Å². The Morgan fingerprint density at radius 1 is 1.55 bits per heavy atom. The maximum absolute atomic E-state index is 12.0. The molecule has 1 saturated heterocycles. The maximum atomic E-state index is 12.0. The van der Waals surface area contributed by atoms with Crippen LogP contribution in [0.3, 0.4) is 0 Å². The summed E-state index contributed by atoms with van der Waals surface area (Å²) in [6.07, 6.45) is 2.18. The molecule has 2 rings (SSSR count). The van der Waals surface area contributed by atoms with E-state index in [4.69, 9.17) is 4.74 Å². The average molecular weight is 294 g/mol. The number of benzene rings is 1. The monoisotopic (exact) mass is 294 g/mol. The van der Waals surface area contributed by atoms with E-state index in [0.29, 0.717) is 11.8 Å². The number of carbonyl (C=O) groups is 1. The van der Waals surface area contributed by atoms with E-state index in [1.807, 2.05) is 24.3 Å². The van der Waals surface area contributed by atoms with E-state index in [1.165, 1.54) is 11.8 Å². The highest BCUT2D eigenvalue weighted by Crippen LogP contribution is 2.22. The van der Waals surface area contributed by atoms with Crippen molar-refractivity contribution in [2.75, 3.05) is 19.4 Å². The highest BCUT2D eigenvalue weighted by Gasteiger charge is 2.22. The molecule has 5 heteroatoms. The van der Waals surface area contributed by atoms with Crippen molar-refractivity contribution in [2.45, 2.75) is 36.7 Å². The molecule has 0 spiro atoms. The number of hydrogen-bond donors (Lipinski definition) is 2. The molecule has 1 heterocycles. The van der Waals surface area contributed by atoms with Gasteiger partial charge in [0.25, 0.3) is 0 Å². The molecule has 0 aromatic heterocycles. The van der Waals surface area contributed by atoms with Crippen LogP contribution in [0.15, 0.2) is 29.2 Å². The first-order valence-electron chi connectivity index (χ1n) is 6.98. The fourth-order valence-electron chi connectivity index (χ4n) is 2.33. The molecule has 20 heavy (non-hydrogen) atoms. The number of nitrogens with one attached hydrogen (secondary N) is 2. The molecule has 1 aromatic carbocycles. The van der Waals surface area contributed by atoms with E-state index in [9.17, 15) is 4.79 Å². The summed E-state index contributed by atoms with van der Waals surface area (Å²) < 4.78 is 5.18. The van der Waals surface area contributed by atoms with Gasteiger partial charge in [0.1, 0.15) is 5.75 Å². The van der Waals surface area contributed by atoms with Crippen LogP contribution in [-0.4, -0.2) is 37.4 Å². The zero-order valence-corrected chi connectivity index (χ0v) is 12.8. The average Bonchev–Trinajstić information content (AvgIpc) is 2.48. The second-order valence-electron chi connectivity index (χ2n) is 5.03. The van der Waals surface area contributed by atoms with Crippen LogP contribution in [0.25, 0.3) is 0 Å². The molecule has 1 aliphatic rings. The van der Waals surface area contributed by atoms with Crippen LogP contribution in [0.4, 0.5) is 0 Å². The van der Waals surface area contributed by atoms with Gasteiger partial charge in [0.2, 0.25) is 5.91 Å². The lowest BCUT2D eigenvalue weighted by Crippen LogP contribution is -2.52. The van der Waals surface area contributed by atoms with E-state index in [0.717, 1.165) is 30.0 Å². The zero-order valence-electron chi connectivity index (χ0n) is 12.0. The fraction of sp³-hybridized carbons (Fsp3) is 0.533. The van der Waals surface area contributed by atoms with Gasteiger partial charge in [-0.2, -0.15) is 0 Å². The molecule has 0 saturated carbocycles. The third-order valence-electron chi connectivity index (χ3n) is 3.52. The van der Waals surface area contributed by atoms with Crippen LogP contribution < -0.4 is 15.4 Å². The Bertz CT molecular complexity index is 453. The van der Waals surface area contributed by atoms with Crippen molar-refractivity contribution in [3.05, 3.63) is 24.3 Å². The van der Waals surface area contributed by atoms with Gasteiger partial charge in [-0.1, -0.05) is 6.07 Å². The molecule has 0 aliphatic carbocycles. The number of amides is 1. The summed E-state index contributed by atoms with van der Waals surface area (Å²) in [5, 5.41) is 6.50. The number of thioether (sulfide) groups is 1. The third kappa shape index (κ3) is 4.42. The van der Waals surface area contributed by atoms with Crippen LogP contribution in [-0.2, 0) is 4.79 Å². The molecule has 1 fully saturated rings. The van der Waals surface area contributed by atoms with Crippen LogP contribution >= 0.6 is 11.8 Å². The molecule has 4 nitrogen and oxygen atoms in total. The van der Waals surface area contributed by atoms with Gasteiger partial charge < -0.3 is 15.4 Å². The number of carbonyl (C=O) groups excluding carboxylic acids is 1. The van der Waals surface area contributed by atoms with Gasteiger partial charge in [0.15, 0.2) is 0 Å². The Kier molecular flexibility index (Phi) is 5.73. The standard InChI is InChI=1S/C15H22N2O2S/c1-11-14(7-4-8-16-11)17-15(18)10-20-13-6-3-5-12(9-13)19-2/h3,5-6,9,11,14,16H,4,7-8,10H2,1-2H3,(H,17,18).